The number of rotatable bonds is 3. The van der Waals surface area contributed by atoms with Gasteiger partial charge in [0, 0.05) is 0 Å². The Morgan fingerprint density at radius 2 is 2.19 bits per heavy atom. The fourth-order valence-corrected chi connectivity index (χ4v) is 1.69. The zero-order valence-corrected chi connectivity index (χ0v) is 9.85. The molecule has 1 saturated carbocycles. The molecular formula is C10H10Cl2N2O2. The third-order valence-corrected chi connectivity index (χ3v) is 3.08. The molecule has 0 bridgehead atoms. The minimum atomic E-state index is -0.482. The second-order valence-corrected chi connectivity index (χ2v) is 4.65. The van der Waals surface area contributed by atoms with Gasteiger partial charge in [-0.1, -0.05) is 23.2 Å². The van der Waals surface area contributed by atoms with E-state index >= 15 is 0 Å². The van der Waals surface area contributed by atoms with Crippen LogP contribution >= 0.6 is 23.2 Å². The smallest absolute Gasteiger partial charge is 0.272 e. The van der Waals surface area contributed by atoms with Crippen LogP contribution in [0.25, 0.3) is 0 Å². The van der Waals surface area contributed by atoms with Crippen LogP contribution in [0.2, 0.25) is 10.2 Å². The molecule has 1 aliphatic rings. The third kappa shape index (κ3) is 2.29. The lowest BCUT2D eigenvalue weighted by molar-refractivity contribution is 0.0902. The lowest BCUT2D eigenvalue weighted by Crippen LogP contribution is -2.40. The number of nitrogens with one attached hydrogen (secondary N) is 1. The standard InChI is InChI=1S/C10H10Cl2N2O2/c11-6-1-2-7(12)13-8(6)9(16)14-10(5-15)3-4-10/h1-2,15H,3-5H2,(H,14,16). The number of aliphatic hydroxyl groups excluding tert-OH is 1. The molecule has 6 heteroatoms. The Morgan fingerprint density at radius 1 is 1.50 bits per heavy atom. The molecule has 0 spiro atoms. The highest BCUT2D eigenvalue weighted by atomic mass is 35.5. The summed E-state index contributed by atoms with van der Waals surface area (Å²) >= 11 is 11.5. The number of aromatic nitrogens is 1. The number of carbonyl (C=O) groups excluding carboxylic acids is 1. The Hall–Kier alpha value is -0.840. The molecule has 0 radical (unpaired) electrons. The van der Waals surface area contributed by atoms with Crippen molar-refractivity contribution >= 4 is 29.1 Å². The molecule has 1 fully saturated rings. The predicted molar refractivity (Wildman–Crippen MR) is 60.8 cm³/mol. The minimum absolute atomic E-state index is 0.0725. The molecule has 4 nitrogen and oxygen atoms in total. The van der Waals surface area contributed by atoms with E-state index in [1.165, 1.54) is 12.1 Å². The summed E-state index contributed by atoms with van der Waals surface area (Å²) in [6.07, 6.45) is 1.54. The fourth-order valence-electron chi connectivity index (χ4n) is 1.35. The molecule has 0 atom stereocenters. The van der Waals surface area contributed by atoms with E-state index in [0.717, 1.165) is 12.8 Å². The predicted octanol–water partition coefficient (Wildman–Crippen LogP) is 1.64. The van der Waals surface area contributed by atoms with Gasteiger partial charge in [-0.25, -0.2) is 4.98 Å². The largest absolute Gasteiger partial charge is 0.394 e. The van der Waals surface area contributed by atoms with Crippen molar-refractivity contribution in [1.29, 1.82) is 0 Å². The van der Waals surface area contributed by atoms with Crippen molar-refractivity contribution in [2.75, 3.05) is 6.61 Å². The zero-order chi connectivity index (χ0) is 11.8. The summed E-state index contributed by atoms with van der Waals surface area (Å²) in [6.45, 7) is -0.0725. The number of pyridine rings is 1. The van der Waals surface area contributed by atoms with Crippen LogP contribution in [0.3, 0.4) is 0 Å². The first kappa shape index (κ1) is 11.6. The van der Waals surface area contributed by atoms with Crippen LogP contribution < -0.4 is 5.32 Å². The maximum atomic E-state index is 11.8. The maximum Gasteiger partial charge on any atom is 0.272 e. The van der Waals surface area contributed by atoms with E-state index in [0.29, 0.717) is 0 Å². The van der Waals surface area contributed by atoms with Gasteiger partial charge in [0.25, 0.3) is 5.91 Å². The second kappa shape index (κ2) is 4.20. The fraction of sp³-hybridized carbons (Fsp3) is 0.400. The number of aliphatic hydroxyl groups is 1. The number of hydrogen-bond acceptors (Lipinski definition) is 3. The molecule has 1 heterocycles. The number of amides is 1. The Labute approximate surface area is 103 Å². The molecule has 2 N–H and O–H groups in total. The first-order valence-electron chi connectivity index (χ1n) is 4.82. The van der Waals surface area contributed by atoms with Crippen LogP contribution in [0, 0.1) is 0 Å². The highest BCUT2D eigenvalue weighted by molar-refractivity contribution is 6.34. The van der Waals surface area contributed by atoms with Gasteiger partial charge in [-0.15, -0.1) is 0 Å². The first-order valence-corrected chi connectivity index (χ1v) is 5.57. The number of carbonyl (C=O) groups is 1. The molecule has 1 aliphatic carbocycles. The average molecular weight is 261 g/mol. The summed E-state index contributed by atoms with van der Waals surface area (Å²) in [4.78, 5) is 15.7. The van der Waals surface area contributed by atoms with Gasteiger partial charge in [0.15, 0.2) is 0 Å². The first-order chi connectivity index (χ1) is 7.56. The number of nitrogens with zero attached hydrogens (tertiary/aromatic N) is 1. The Balaban J connectivity index is 2.17. The zero-order valence-electron chi connectivity index (χ0n) is 8.33. The second-order valence-electron chi connectivity index (χ2n) is 3.86. The molecule has 1 aromatic rings. The molecule has 1 amide bonds. The monoisotopic (exact) mass is 260 g/mol. The number of halogens is 2. The van der Waals surface area contributed by atoms with Crippen molar-refractivity contribution in [3.63, 3.8) is 0 Å². The summed E-state index contributed by atoms with van der Waals surface area (Å²) in [5, 5.41) is 12.2. The summed E-state index contributed by atoms with van der Waals surface area (Å²) < 4.78 is 0. The van der Waals surface area contributed by atoms with Crippen molar-refractivity contribution in [2.24, 2.45) is 0 Å². The highest BCUT2D eigenvalue weighted by Crippen LogP contribution is 2.35. The third-order valence-electron chi connectivity index (χ3n) is 2.56. The SMILES string of the molecule is O=C(NC1(CO)CC1)c1nc(Cl)ccc1Cl. The van der Waals surface area contributed by atoms with E-state index in [-0.39, 0.29) is 22.5 Å². The lowest BCUT2D eigenvalue weighted by atomic mass is 10.2. The van der Waals surface area contributed by atoms with Crippen LogP contribution in [-0.2, 0) is 0 Å². The van der Waals surface area contributed by atoms with Crippen molar-refractivity contribution in [3.05, 3.63) is 28.0 Å². The van der Waals surface area contributed by atoms with E-state index in [1.807, 2.05) is 0 Å². The van der Waals surface area contributed by atoms with Crippen LogP contribution in [0.1, 0.15) is 23.3 Å². The van der Waals surface area contributed by atoms with Crippen LogP contribution in [0.5, 0.6) is 0 Å². The summed E-state index contributed by atoms with van der Waals surface area (Å²) in [5.41, 5.74) is -0.390. The topological polar surface area (TPSA) is 62.2 Å². The van der Waals surface area contributed by atoms with E-state index in [1.54, 1.807) is 0 Å². The molecule has 0 aliphatic heterocycles. The van der Waals surface area contributed by atoms with Crippen LogP contribution in [0.4, 0.5) is 0 Å². The van der Waals surface area contributed by atoms with E-state index in [4.69, 9.17) is 28.3 Å². The van der Waals surface area contributed by atoms with Gasteiger partial charge in [-0.3, -0.25) is 4.79 Å². The molecular weight excluding hydrogens is 251 g/mol. The van der Waals surface area contributed by atoms with Gasteiger partial charge in [0.2, 0.25) is 0 Å². The quantitative estimate of drug-likeness (QED) is 0.813. The molecule has 16 heavy (non-hydrogen) atoms. The van der Waals surface area contributed by atoms with Gasteiger partial charge in [-0.2, -0.15) is 0 Å². The highest BCUT2D eigenvalue weighted by Gasteiger charge is 2.43. The molecule has 0 unspecified atom stereocenters. The van der Waals surface area contributed by atoms with Gasteiger partial charge in [-0.05, 0) is 25.0 Å². The molecule has 1 aromatic heterocycles. The average Bonchev–Trinajstić information content (AvgIpc) is 3.02. The summed E-state index contributed by atoms with van der Waals surface area (Å²) in [5.74, 6) is -0.404. The van der Waals surface area contributed by atoms with Crippen LogP contribution in [-0.4, -0.2) is 28.1 Å². The van der Waals surface area contributed by atoms with Crippen molar-refractivity contribution in [3.8, 4) is 0 Å². The van der Waals surface area contributed by atoms with Gasteiger partial charge < -0.3 is 10.4 Å². The molecule has 0 aromatic carbocycles. The minimum Gasteiger partial charge on any atom is -0.394 e. The van der Waals surface area contributed by atoms with E-state index in [2.05, 4.69) is 10.3 Å². The van der Waals surface area contributed by atoms with Crippen molar-refractivity contribution in [2.45, 2.75) is 18.4 Å². The Kier molecular flexibility index (Phi) is 3.06. The Morgan fingerprint density at radius 3 is 2.75 bits per heavy atom. The number of hydrogen-bond donors (Lipinski definition) is 2. The molecule has 86 valence electrons. The van der Waals surface area contributed by atoms with Gasteiger partial charge >= 0.3 is 0 Å². The van der Waals surface area contributed by atoms with Crippen molar-refractivity contribution in [1.82, 2.24) is 10.3 Å². The molecule has 0 saturated heterocycles. The Bertz CT molecular complexity index is 433. The van der Waals surface area contributed by atoms with E-state index in [9.17, 15) is 4.79 Å². The summed E-state index contributed by atoms with van der Waals surface area (Å²) in [6, 6.07) is 3.03. The summed E-state index contributed by atoms with van der Waals surface area (Å²) in [7, 11) is 0. The van der Waals surface area contributed by atoms with Gasteiger partial charge in [0.05, 0.1) is 17.2 Å². The molecule has 2 rings (SSSR count). The van der Waals surface area contributed by atoms with E-state index < -0.39 is 11.4 Å². The van der Waals surface area contributed by atoms with Gasteiger partial charge in [0.1, 0.15) is 10.8 Å². The lowest BCUT2D eigenvalue weighted by Gasteiger charge is -2.14. The van der Waals surface area contributed by atoms with Crippen molar-refractivity contribution < 1.29 is 9.90 Å². The normalized spacial score (nSPS) is 16.9. The van der Waals surface area contributed by atoms with Crippen LogP contribution in [0.15, 0.2) is 12.1 Å². The maximum absolute atomic E-state index is 11.8.